The molecule has 162 valence electrons. The van der Waals surface area contributed by atoms with Gasteiger partial charge in [-0.3, -0.25) is 4.79 Å². The van der Waals surface area contributed by atoms with Crippen molar-refractivity contribution in [1.29, 1.82) is 0 Å². The van der Waals surface area contributed by atoms with Crippen molar-refractivity contribution in [3.05, 3.63) is 101 Å². The molecule has 32 heavy (non-hydrogen) atoms. The Labute approximate surface area is 185 Å². The fourth-order valence-corrected chi connectivity index (χ4v) is 3.61. The standard InChI is InChI=1S/C26H21F3N2O/c27-26(28,29)23-11-13-24(14-12-23)30-15-17-31(18-16-30)25(32)22-8-4-7-21(19-22)10-9-20-5-2-1-3-6-20/h1-8,11-14,19H,15-18H2. The summed E-state index contributed by atoms with van der Waals surface area (Å²) >= 11 is 0. The number of hydrogen-bond acceptors (Lipinski definition) is 2. The Morgan fingerprint density at radius 2 is 1.38 bits per heavy atom. The van der Waals surface area contributed by atoms with Gasteiger partial charge >= 0.3 is 6.18 Å². The molecule has 0 atom stereocenters. The van der Waals surface area contributed by atoms with E-state index >= 15 is 0 Å². The number of carbonyl (C=O) groups is 1. The summed E-state index contributed by atoms with van der Waals surface area (Å²) < 4.78 is 38.3. The van der Waals surface area contributed by atoms with Gasteiger partial charge in [0.1, 0.15) is 0 Å². The van der Waals surface area contributed by atoms with E-state index in [1.807, 2.05) is 47.4 Å². The second-order valence-electron chi connectivity index (χ2n) is 7.52. The summed E-state index contributed by atoms with van der Waals surface area (Å²) in [5.41, 5.74) is 2.31. The van der Waals surface area contributed by atoms with Crippen LogP contribution >= 0.6 is 0 Å². The van der Waals surface area contributed by atoms with Crippen LogP contribution in [0.5, 0.6) is 0 Å². The Bertz CT molecular complexity index is 1140. The first-order valence-corrected chi connectivity index (χ1v) is 10.3. The molecule has 0 radical (unpaired) electrons. The molecular weight excluding hydrogens is 413 g/mol. The van der Waals surface area contributed by atoms with Gasteiger partial charge in [0.2, 0.25) is 0 Å². The second kappa shape index (κ2) is 9.19. The molecule has 1 amide bonds. The van der Waals surface area contributed by atoms with Crippen molar-refractivity contribution in [3.63, 3.8) is 0 Å². The van der Waals surface area contributed by atoms with E-state index in [1.165, 1.54) is 12.1 Å². The van der Waals surface area contributed by atoms with Gasteiger partial charge < -0.3 is 9.80 Å². The summed E-state index contributed by atoms with van der Waals surface area (Å²) in [6.45, 7) is 2.12. The lowest BCUT2D eigenvalue weighted by Crippen LogP contribution is -2.48. The van der Waals surface area contributed by atoms with Crippen molar-refractivity contribution in [1.82, 2.24) is 4.90 Å². The van der Waals surface area contributed by atoms with Crippen LogP contribution in [0.4, 0.5) is 18.9 Å². The zero-order valence-electron chi connectivity index (χ0n) is 17.3. The Hall–Kier alpha value is -3.72. The van der Waals surface area contributed by atoms with Gasteiger partial charge in [0.25, 0.3) is 5.91 Å². The third-order valence-electron chi connectivity index (χ3n) is 5.36. The average molecular weight is 434 g/mol. The largest absolute Gasteiger partial charge is 0.416 e. The average Bonchev–Trinajstić information content (AvgIpc) is 2.83. The van der Waals surface area contributed by atoms with E-state index in [1.54, 1.807) is 17.0 Å². The van der Waals surface area contributed by atoms with Crippen LogP contribution in [-0.2, 0) is 6.18 Å². The van der Waals surface area contributed by atoms with Crippen molar-refractivity contribution >= 4 is 11.6 Å². The fraction of sp³-hybridized carbons (Fsp3) is 0.192. The summed E-state index contributed by atoms with van der Waals surface area (Å²) in [5, 5.41) is 0. The summed E-state index contributed by atoms with van der Waals surface area (Å²) in [6, 6.07) is 22.0. The second-order valence-corrected chi connectivity index (χ2v) is 7.52. The molecule has 0 spiro atoms. The van der Waals surface area contributed by atoms with Crippen LogP contribution in [-0.4, -0.2) is 37.0 Å². The zero-order chi connectivity index (χ0) is 22.6. The van der Waals surface area contributed by atoms with Crippen LogP contribution in [0.2, 0.25) is 0 Å². The van der Waals surface area contributed by atoms with E-state index < -0.39 is 11.7 Å². The van der Waals surface area contributed by atoms with E-state index in [4.69, 9.17) is 0 Å². The molecule has 1 heterocycles. The molecule has 0 aromatic heterocycles. The zero-order valence-corrected chi connectivity index (χ0v) is 17.3. The summed E-state index contributed by atoms with van der Waals surface area (Å²) in [7, 11) is 0. The number of amides is 1. The minimum atomic E-state index is -4.34. The quantitative estimate of drug-likeness (QED) is 0.526. The normalized spacial score (nSPS) is 14.0. The number of piperazine rings is 1. The molecule has 0 saturated carbocycles. The lowest BCUT2D eigenvalue weighted by molar-refractivity contribution is -0.137. The van der Waals surface area contributed by atoms with Gasteiger partial charge in [-0.25, -0.2) is 0 Å². The van der Waals surface area contributed by atoms with Gasteiger partial charge in [0.15, 0.2) is 0 Å². The Morgan fingerprint density at radius 1 is 0.750 bits per heavy atom. The summed E-state index contributed by atoms with van der Waals surface area (Å²) in [5.74, 6) is 6.12. The maximum atomic E-state index is 13.0. The molecule has 3 nitrogen and oxygen atoms in total. The van der Waals surface area contributed by atoms with Gasteiger partial charge in [-0.15, -0.1) is 0 Å². The first-order valence-electron chi connectivity index (χ1n) is 10.3. The Kier molecular flexibility index (Phi) is 6.18. The Morgan fingerprint density at radius 3 is 2.03 bits per heavy atom. The van der Waals surface area contributed by atoms with Crippen LogP contribution in [0.15, 0.2) is 78.9 Å². The Balaban J connectivity index is 1.39. The number of hydrogen-bond donors (Lipinski definition) is 0. The number of rotatable bonds is 2. The van der Waals surface area contributed by atoms with E-state index in [0.717, 1.165) is 28.9 Å². The summed E-state index contributed by atoms with van der Waals surface area (Å²) in [4.78, 5) is 16.7. The van der Waals surface area contributed by atoms with Crippen LogP contribution in [0.1, 0.15) is 27.0 Å². The minimum absolute atomic E-state index is 0.0690. The number of alkyl halides is 3. The van der Waals surface area contributed by atoms with Crippen molar-refractivity contribution in [2.45, 2.75) is 6.18 Å². The molecule has 0 bridgehead atoms. The number of nitrogens with zero attached hydrogens (tertiary/aromatic N) is 2. The van der Waals surface area contributed by atoms with E-state index in [9.17, 15) is 18.0 Å². The predicted molar refractivity (Wildman–Crippen MR) is 118 cm³/mol. The van der Waals surface area contributed by atoms with Crippen molar-refractivity contribution in [2.24, 2.45) is 0 Å². The maximum absolute atomic E-state index is 13.0. The lowest BCUT2D eigenvalue weighted by Gasteiger charge is -2.36. The summed E-state index contributed by atoms with van der Waals surface area (Å²) in [6.07, 6.45) is -4.34. The minimum Gasteiger partial charge on any atom is -0.368 e. The third-order valence-corrected chi connectivity index (χ3v) is 5.36. The molecule has 0 aliphatic carbocycles. The number of anilines is 1. The number of benzene rings is 3. The smallest absolute Gasteiger partial charge is 0.368 e. The molecule has 1 fully saturated rings. The SMILES string of the molecule is O=C(c1cccc(C#Cc2ccccc2)c1)N1CCN(c2ccc(C(F)(F)F)cc2)CC1. The van der Waals surface area contributed by atoms with Gasteiger partial charge in [-0.05, 0) is 54.6 Å². The van der Waals surface area contributed by atoms with Gasteiger partial charge in [0.05, 0.1) is 5.56 Å². The molecule has 1 saturated heterocycles. The van der Waals surface area contributed by atoms with Crippen LogP contribution in [0, 0.1) is 11.8 Å². The maximum Gasteiger partial charge on any atom is 0.416 e. The third kappa shape index (κ3) is 5.12. The molecule has 1 aliphatic heterocycles. The molecule has 3 aromatic rings. The molecule has 0 N–H and O–H groups in total. The highest BCUT2D eigenvalue weighted by Gasteiger charge is 2.30. The van der Waals surface area contributed by atoms with Crippen LogP contribution in [0.25, 0.3) is 0 Å². The van der Waals surface area contributed by atoms with Crippen molar-refractivity contribution < 1.29 is 18.0 Å². The molecule has 4 rings (SSSR count). The number of halogens is 3. The highest BCUT2D eigenvalue weighted by Crippen LogP contribution is 2.30. The van der Waals surface area contributed by atoms with Gasteiger partial charge in [0, 0.05) is 48.6 Å². The highest BCUT2D eigenvalue weighted by molar-refractivity contribution is 5.94. The molecule has 6 heteroatoms. The predicted octanol–water partition coefficient (Wildman–Crippen LogP) is 5.07. The van der Waals surface area contributed by atoms with Crippen molar-refractivity contribution in [3.8, 4) is 11.8 Å². The number of carbonyl (C=O) groups excluding carboxylic acids is 1. The van der Waals surface area contributed by atoms with E-state index in [2.05, 4.69) is 11.8 Å². The monoisotopic (exact) mass is 434 g/mol. The molecule has 3 aromatic carbocycles. The molecular formula is C26H21F3N2O. The highest BCUT2D eigenvalue weighted by atomic mass is 19.4. The topological polar surface area (TPSA) is 23.6 Å². The van der Waals surface area contributed by atoms with E-state index in [-0.39, 0.29) is 5.91 Å². The van der Waals surface area contributed by atoms with Gasteiger partial charge in [-0.1, -0.05) is 36.1 Å². The lowest BCUT2D eigenvalue weighted by atomic mass is 10.1. The fourth-order valence-electron chi connectivity index (χ4n) is 3.61. The van der Waals surface area contributed by atoms with Crippen LogP contribution in [0.3, 0.4) is 0 Å². The van der Waals surface area contributed by atoms with E-state index in [0.29, 0.717) is 31.7 Å². The molecule has 1 aliphatic rings. The van der Waals surface area contributed by atoms with Crippen LogP contribution < -0.4 is 4.90 Å². The molecule has 0 unspecified atom stereocenters. The first kappa shape index (κ1) is 21.5. The first-order chi connectivity index (χ1) is 15.4. The van der Waals surface area contributed by atoms with Crippen molar-refractivity contribution in [2.75, 3.05) is 31.1 Å². The van der Waals surface area contributed by atoms with Gasteiger partial charge in [-0.2, -0.15) is 13.2 Å².